The van der Waals surface area contributed by atoms with Crippen LogP contribution in [-0.2, 0) is 6.42 Å². The fourth-order valence-electron chi connectivity index (χ4n) is 4.39. The van der Waals surface area contributed by atoms with Gasteiger partial charge < -0.3 is 4.90 Å². The minimum absolute atomic E-state index is 0.430. The summed E-state index contributed by atoms with van der Waals surface area (Å²) in [5.41, 5.74) is 2.37. The van der Waals surface area contributed by atoms with Gasteiger partial charge in [-0.25, -0.2) is 9.97 Å². The van der Waals surface area contributed by atoms with Crippen molar-refractivity contribution in [2.45, 2.75) is 32.7 Å². The molecule has 0 bridgehead atoms. The van der Waals surface area contributed by atoms with E-state index >= 15 is 0 Å². The molecule has 3 aromatic heterocycles. The summed E-state index contributed by atoms with van der Waals surface area (Å²) in [6.45, 7) is 9.09. The van der Waals surface area contributed by atoms with Gasteiger partial charge in [-0.3, -0.25) is 9.88 Å². The van der Waals surface area contributed by atoms with Gasteiger partial charge in [-0.2, -0.15) is 0 Å². The number of thiophene rings is 1. The minimum Gasteiger partial charge on any atom is -0.355 e. The molecule has 2 aliphatic heterocycles. The molecule has 5 heterocycles. The molecule has 0 saturated carbocycles. The van der Waals surface area contributed by atoms with Crippen LogP contribution in [-0.4, -0.2) is 46.0 Å². The van der Waals surface area contributed by atoms with Crippen molar-refractivity contribution in [1.82, 2.24) is 19.9 Å². The van der Waals surface area contributed by atoms with E-state index in [9.17, 15) is 0 Å². The zero-order valence-corrected chi connectivity index (χ0v) is 16.8. The Kier molecular flexibility index (Phi) is 3.99. The third-order valence-electron chi connectivity index (χ3n) is 5.93. The van der Waals surface area contributed by atoms with Crippen LogP contribution < -0.4 is 4.90 Å². The van der Waals surface area contributed by atoms with Crippen LogP contribution in [0.15, 0.2) is 24.1 Å². The van der Waals surface area contributed by atoms with E-state index in [1.54, 1.807) is 29.0 Å². The van der Waals surface area contributed by atoms with Gasteiger partial charge in [0.1, 0.15) is 17.0 Å². The van der Waals surface area contributed by atoms with Crippen LogP contribution in [0, 0.1) is 5.41 Å². The van der Waals surface area contributed by atoms with Gasteiger partial charge >= 0.3 is 0 Å². The molecule has 7 heteroatoms. The third kappa shape index (κ3) is 2.64. The van der Waals surface area contributed by atoms with Crippen LogP contribution in [0.1, 0.15) is 36.1 Å². The number of fused-ring (bicyclic) bond motifs is 1. The molecular formula is C19H23N5S2. The molecule has 1 spiro atoms. The number of likely N-dealkylation sites (tertiary alicyclic amines) is 1. The molecule has 5 rings (SSSR count). The standard InChI is InChI=1S/C19H23N5S2/c1-3-14-6-15-17(21-11-22-18(15)26-14)23-5-4-19(8-23)9-24(10-19)13(2)16-7-20-12-25-16/h6-7,11-13H,3-5,8-10H2,1-2H3. The van der Waals surface area contributed by atoms with Crippen molar-refractivity contribution < 1.29 is 0 Å². The van der Waals surface area contributed by atoms with Gasteiger partial charge in [-0.05, 0) is 25.8 Å². The number of anilines is 1. The highest BCUT2D eigenvalue weighted by molar-refractivity contribution is 7.18. The fourth-order valence-corrected chi connectivity index (χ4v) is 6.03. The molecule has 0 radical (unpaired) electrons. The Morgan fingerprint density at radius 2 is 2.15 bits per heavy atom. The van der Waals surface area contributed by atoms with Crippen LogP contribution in [0.5, 0.6) is 0 Å². The summed E-state index contributed by atoms with van der Waals surface area (Å²) in [7, 11) is 0. The minimum atomic E-state index is 0.430. The molecule has 0 aliphatic carbocycles. The van der Waals surface area contributed by atoms with E-state index in [1.165, 1.54) is 34.7 Å². The molecule has 2 fully saturated rings. The average Bonchev–Trinajstić information content (AvgIpc) is 3.37. The molecule has 5 nitrogen and oxygen atoms in total. The Balaban J connectivity index is 1.32. The maximum atomic E-state index is 4.66. The van der Waals surface area contributed by atoms with Gasteiger partial charge in [0, 0.05) is 53.6 Å². The molecule has 3 aromatic rings. The maximum absolute atomic E-state index is 4.66. The maximum Gasteiger partial charge on any atom is 0.140 e. The number of nitrogens with zero attached hydrogens (tertiary/aromatic N) is 5. The van der Waals surface area contributed by atoms with Crippen LogP contribution >= 0.6 is 22.7 Å². The van der Waals surface area contributed by atoms with E-state index < -0.39 is 0 Å². The molecule has 26 heavy (non-hydrogen) atoms. The first kappa shape index (κ1) is 16.6. The van der Waals surface area contributed by atoms with Crippen molar-refractivity contribution in [3.63, 3.8) is 0 Å². The number of hydrogen-bond donors (Lipinski definition) is 0. The zero-order valence-electron chi connectivity index (χ0n) is 15.2. The summed E-state index contributed by atoms with van der Waals surface area (Å²) in [6, 6.07) is 2.77. The summed E-state index contributed by atoms with van der Waals surface area (Å²) in [5.74, 6) is 1.14. The van der Waals surface area contributed by atoms with Gasteiger partial charge in [-0.15, -0.1) is 22.7 Å². The Bertz CT molecular complexity index is 913. The van der Waals surface area contributed by atoms with Gasteiger partial charge in [0.25, 0.3) is 0 Å². The summed E-state index contributed by atoms with van der Waals surface area (Å²) >= 11 is 3.57. The first-order valence-electron chi connectivity index (χ1n) is 9.28. The van der Waals surface area contributed by atoms with E-state index in [-0.39, 0.29) is 0 Å². The van der Waals surface area contributed by atoms with E-state index in [0.717, 1.165) is 30.2 Å². The van der Waals surface area contributed by atoms with Crippen molar-refractivity contribution >= 4 is 38.7 Å². The summed E-state index contributed by atoms with van der Waals surface area (Å²) < 4.78 is 0. The second-order valence-corrected chi connectivity index (χ2v) is 9.67. The Morgan fingerprint density at radius 1 is 1.27 bits per heavy atom. The predicted octanol–water partition coefficient (Wildman–Crippen LogP) is 3.98. The third-order valence-corrected chi connectivity index (χ3v) is 8.07. The molecule has 2 saturated heterocycles. The largest absolute Gasteiger partial charge is 0.355 e. The fraction of sp³-hybridized carbons (Fsp3) is 0.526. The smallest absolute Gasteiger partial charge is 0.140 e. The molecule has 136 valence electrons. The molecule has 1 atom stereocenters. The number of aryl methyl sites for hydroxylation is 1. The van der Waals surface area contributed by atoms with E-state index in [4.69, 9.17) is 0 Å². The topological polar surface area (TPSA) is 45.2 Å². The van der Waals surface area contributed by atoms with Crippen LogP contribution in [0.3, 0.4) is 0 Å². The molecular weight excluding hydrogens is 362 g/mol. The highest BCUT2D eigenvalue weighted by Crippen LogP contribution is 2.45. The van der Waals surface area contributed by atoms with Crippen LogP contribution in [0.4, 0.5) is 5.82 Å². The first-order chi connectivity index (χ1) is 12.7. The molecule has 1 unspecified atom stereocenters. The van der Waals surface area contributed by atoms with Gasteiger partial charge in [0.15, 0.2) is 0 Å². The number of hydrogen-bond acceptors (Lipinski definition) is 7. The van der Waals surface area contributed by atoms with E-state index in [1.807, 2.05) is 11.7 Å². The van der Waals surface area contributed by atoms with Gasteiger partial charge in [-0.1, -0.05) is 6.92 Å². The Morgan fingerprint density at radius 3 is 2.92 bits per heavy atom. The van der Waals surface area contributed by atoms with Crippen LogP contribution in [0.2, 0.25) is 0 Å². The van der Waals surface area contributed by atoms with Crippen molar-refractivity contribution in [1.29, 1.82) is 0 Å². The molecule has 0 aromatic carbocycles. The lowest BCUT2D eigenvalue weighted by atomic mass is 9.78. The normalized spacial score (nSPS) is 20.8. The lowest BCUT2D eigenvalue weighted by Crippen LogP contribution is -2.57. The highest BCUT2D eigenvalue weighted by atomic mass is 32.1. The SMILES string of the molecule is CCc1cc2c(N3CCC4(C3)CN(C(C)c3cncs3)C4)ncnc2s1. The van der Waals surface area contributed by atoms with Gasteiger partial charge in [0.2, 0.25) is 0 Å². The number of thiazole rings is 1. The second kappa shape index (κ2) is 6.25. The van der Waals surface area contributed by atoms with Crippen molar-refractivity contribution in [2.24, 2.45) is 5.41 Å². The van der Waals surface area contributed by atoms with Gasteiger partial charge in [0.05, 0.1) is 10.9 Å². The molecule has 0 amide bonds. The summed E-state index contributed by atoms with van der Waals surface area (Å²) in [6.07, 6.45) is 6.07. The quantitative estimate of drug-likeness (QED) is 0.680. The lowest BCUT2D eigenvalue weighted by Gasteiger charge is -2.50. The van der Waals surface area contributed by atoms with E-state index in [2.05, 4.69) is 44.7 Å². The van der Waals surface area contributed by atoms with Crippen molar-refractivity contribution in [3.8, 4) is 0 Å². The molecule has 2 aliphatic rings. The number of rotatable bonds is 4. The monoisotopic (exact) mass is 385 g/mol. The first-order valence-corrected chi connectivity index (χ1v) is 11.0. The lowest BCUT2D eigenvalue weighted by molar-refractivity contribution is -0.0110. The van der Waals surface area contributed by atoms with Crippen molar-refractivity contribution in [2.75, 3.05) is 31.1 Å². The van der Waals surface area contributed by atoms with E-state index in [0.29, 0.717) is 11.5 Å². The summed E-state index contributed by atoms with van der Waals surface area (Å²) in [4.78, 5) is 22.3. The number of aromatic nitrogens is 3. The van der Waals surface area contributed by atoms with Crippen LogP contribution in [0.25, 0.3) is 10.2 Å². The summed E-state index contributed by atoms with van der Waals surface area (Å²) in [5, 5.41) is 1.24. The molecule has 0 N–H and O–H groups in total. The van der Waals surface area contributed by atoms with Crippen molar-refractivity contribution in [3.05, 3.63) is 33.9 Å². The second-order valence-electron chi connectivity index (χ2n) is 7.64. The highest BCUT2D eigenvalue weighted by Gasteiger charge is 2.49. The predicted molar refractivity (Wildman–Crippen MR) is 108 cm³/mol. The Labute approximate surface area is 161 Å². The average molecular weight is 386 g/mol. The Hall–Kier alpha value is -1.57. The zero-order chi connectivity index (χ0) is 17.7.